The molecular formula is C25H24ClN5O4. The summed E-state index contributed by atoms with van der Waals surface area (Å²) in [5, 5.41) is 14.2. The molecule has 0 aliphatic carbocycles. The van der Waals surface area contributed by atoms with E-state index in [9.17, 15) is 9.59 Å². The minimum atomic E-state index is -0.269. The van der Waals surface area contributed by atoms with Crippen LogP contribution in [0, 0.1) is 5.92 Å². The third kappa shape index (κ3) is 5.30. The van der Waals surface area contributed by atoms with Gasteiger partial charge in [0.1, 0.15) is 0 Å². The van der Waals surface area contributed by atoms with Crippen molar-refractivity contribution in [2.75, 3.05) is 30.1 Å². The number of rotatable bonds is 6. The summed E-state index contributed by atoms with van der Waals surface area (Å²) in [5.74, 6) is 1.59. The van der Waals surface area contributed by atoms with Crippen molar-refractivity contribution in [2.24, 2.45) is 5.92 Å². The second kappa shape index (κ2) is 10.2. The van der Waals surface area contributed by atoms with Gasteiger partial charge in [-0.2, -0.15) is 0 Å². The van der Waals surface area contributed by atoms with E-state index in [2.05, 4.69) is 25.7 Å². The zero-order valence-electron chi connectivity index (χ0n) is 18.9. The second-order valence-electron chi connectivity index (χ2n) is 8.38. The van der Waals surface area contributed by atoms with Crippen LogP contribution < -0.4 is 25.0 Å². The lowest BCUT2D eigenvalue weighted by Crippen LogP contribution is -2.38. The van der Waals surface area contributed by atoms with Gasteiger partial charge in [-0.15, -0.1) is 10.2 Å². The first-order valence-corrected chi connectivity index (χ1v) is 11.8. The molecule has 180 valence electrons. The van der Waals surface area contributed by atoms with Gasteiger partial charge in [0.25, 0.3) is 5.91 Å². The number of para-hydroxylation sites is 1. The van der Waals surface area contributed by atoms with Crippen LogP contribution in [0.15, 0.2) is 54.6 Å². The lowest BCUT2D eigenvalue weighted by molar-refractivity contribution is -0.120. The maximum absolute atomic E-state index is 13.0. The molecule has 5 rings (SSSR count). The van der Waals surface area contributed by atoms with E-state index < -0.39 is 0 Å². The summed E-state index contributed by atoms with van der Waals surface area (Å²) in [4.78, 5) is 28.0. The van der Waals surface area contributed by atoms with Crippen LogP contribution >= 0.6 is 11.6 Å². The Morgan fingerprint density at radius 2 is 1.80 bits per heavy atom. The maximum atomic E-state index is 13.0. The predicted octanol–water partition coefficient (Wildman–Crippen LogP) is 3.64. The summed E-state index contributed by atoms with van der Waals surface area (Å²) >= 11 is 5.82. The highest BCUT2D eigenvalue weighted by molar-refractivity contribution is 6.29. The fraction of sp³-hybridized carbons (Fsp3) is 0.280. The number of hydrogen-bond donors (Lipinski definition) is 2. The highest BCUT2D eigenvalue weighted by atomic mass is 35.5. The molecule has 2 N–H and O–H groups in total. The van der Waals surface area contributed by atoms with Crippen molar-refractivity contribution in [2.45, 2.75) is 19.4 Å². The molecule has 10 heteroatoms. The number of amides is 2. The van der Waals surface area contributed by atoms with Crippen molar-refractivity contribution in [3.8, 4) is 11.5 Å². The zero-order chi connectivity index (χ0) is 24.2. The summed E-state index contributed by atoms with van der Waals surface area (Å²) in [5.41, 5.74) is 1.79. The average molecular weight is 494 g/mol. The Kier molecular flexibility index (Phi) is 6.67. The number of carbonyl (C=O) groups excluding carboxylic acids is 2. The molecule has 3 aromatic rings. The number of nitrogens with zero attached hydrogens (tertiary/aromatic N) is 3. The molecule has 0 radical (unpaired) electrons. The van der Waals surface area contributed by atoms with Crippen LogP contribution in [0.1, 0.15) is 28.8 Å². The van der Waals surface area contributed by atoms with Gasteiger partial charge in [0.15, 0.2) is 22.5 Å². The molecule has 0 unspecified atom stereocenters. The fourth-order valence-electron chi connectivity index (χ4n) is 4.20. The van der Waals surface area contributed by atoms with Crippen LogP contribution in [0.2, 0.25) is 5.15 Å². The zero-order valence-corrected chi connectivity index (χ0v) is 19.6. The van der Waals surface area contributed by atoms with Crippen molar-refractivity contribution < 1.29 is 19.1 Å². The molecule has 0 atom stereocenters. The number of fused-ring (bicyclic) bond motifs is 1. The Labute approximate surface area is 207 Å². The molecular weight excluding hydrogens is 470 g/mol. The Bertz CT molecular complexity index is 1230. The van der Waals surface area contributed by atoms with Crippen molar-refractivity contribution in [3.63, 3.8) is 0 Å². The molecule has 0 spiro atoms. The number of benzene rings is 2. The average Bonchev–Trinajstić information content (AvgIpc) is 3.36. The second-order valence-corrected chi connectivity index (χ2v) is 8.77. The van der Waals surface area contributed by atoms with Gasteiger partial charge in [-0.3, -0.25) is 9.59 Å². The summed E-state index contributed by atoms with van der Waals surface area (Å²) in [6, 6.07) is 16.1. The van der Waals surface area contributed by atoms with Crippen LogP contribution in [0.5, 0.6) is 11.5 Å². The third-order valence-electron chi connectivity index (χ3n) is 6.13. The smallest absolute Gasteiger partial charge is 0.253 e. The van der Waals surface area contributed by atoms with Crippen LogP contribution in [0.25, 0.3) is 0 Å². The van der Waals surface area contributed by atoms with Gasteiger partial charge in [0.2, 0.25) is 12.7 Å². The van der Waals surface area contributed by atoms with Crippen molar-refractivity contribution >= 4 is 34.9 Å². The van der Waals surface area contributed by atoms with E-state index in [1.54, 1.807) is 30.3 Å². The first kappa shape index (κ1) is 22.9. The van der Waals surface area contributed by atoms with Crippen LogP contribution in [-0.4, -0.2) is 41.9 Å². The quantitative estimate of drug-likeness (QED) is 0.540. The van der Waals surface area contributed by atoms with Crippen molar-refractivity contribution in [1.29, 1.82) is 0 Å². The summed E-state index contributed by atoms with van der Waals surface area (Å²) in [6.07, 6.45) is 1.35. The van der Waals surface area contributed by atoms with Gasteiger partial charge in [-0.05, 0) is 54.8 Å². The maximum Gasteiger partial charge on any atom is 0.253 e. The van der Waals surface area contributed by atoms with E-state index in [0.717, 1.165) is 11.4 Å². The lowest BCUT2D eigenvalue weighted by Gasteiger charge is -2.31. The SMILES string of the molecule is O=C(NCc1ccc2c(c1)OCO2)c1ccccc1NC(=O)C1CCN(c2ccc(Cl)nn2)CC1. The molecule has 0 bridgehead atoms. The number of hydrogen-bond acceptors (Lipinski definition) is 7. The number of aromatic nitrogens is 2. The van der Waals surface area contributed by atoms with Gasteiger partial charge in [0.05, 0.1) is 11.3 Å². The molecule has 0 saturated carbocycles. The number of nitrogens with one attached hydrogen (secondary N) is 2. The monoisotopic (exact) mass is 493 g/mol. The number of carbonyl (C=O) groups is 2. The van der Waals surface area contributed by atoms with Crippen molar-refractivity contribution in [3.05, 3.63) is 70.9 Å². The summed E-state index contributed by atoms with van der Waals surface area (Å²) in [6.45, 7) is 1.90. The highest BCUT2D eigenvalue weighted by Crippen LogP contribution is 2.32. The molecule has 1 aromatic heterocycles. The lowest BCUT2D eigenvalue weighted by atomic mass is 9.95. The van der Waals surface area contributed by atoms with Gasteiger partial charge in [-0.25, -0.2) is 0 Å². The minimum absolute atomic E-state index is 0.0946. The number of ether oxygens (including phenoxy) is 2. The minimum Gasteiger partial charge on any atom is -0.454 e. The van der Waals surface area contributed by atoms with Crippen molar-refractivity contribution in [1.82, 2.24) is 15.5 Å². The summed E-state index contributed by atoms with van der Waals surface area (Å²) in [7, 11) is 0. The standard InChI is InChI=1S/C25H24ClN5O4/c26-22-7-8-23(30-29-22)31-11-9-17(10-12-31)24(32)28-19-4-2-1-3-18(19)25(33)27-14-16-5-6-20-21(13-16)35-15-34-20/h1-8,13,17H,9-12,14-15H2,(H,27,33)(H,28,32). The first-order chi connectivity index (χ1) is 17.1. The molecule has 2 aromatic carbocycles. The van der Waals surface area contributed by atoms with Crippen LogP contribution in [0.4, 0.5) is 11.5 Å². The van der Waals surface area contributed by atoms with E-state index in [0.29, 0.717) is 60.4 Å². The molecule has 1 fully saturated rings. The Balaban J connectivity index is 1.18. The molecule has 2 aliphatic rings. The van der Waals surface area contributed by atoms with E-state index in [1.165, 1.54) is 0 Å². The van der Waals surface area contributed by atoms with E-state index in [1.807, 2.05) is 24.3 Å². The predicted molar refractivity (Wildman–Crippen MR) is 131 cm³/mol. The van der Waals surface area contributed by atoms with Gasteiger partial charge in [-0.1, -0.05) is 29.8 Å². The fourth-order valence-corrected chi connectivity index (χ4v) is 4.30. The summed E-state index contributed by atoms with van der Waals surface area (Å²) < 4.78 is 10.7. The Morgan fingerprint density at radius 3 is 2.60 bits per heavy atom. The molecule has 35 heavy (non-hydrogen) atoms. The number of anilines is 2. The van der Waals surface area contributed by atoms with Crippen LogP contribution in [0.3, 0.4) is 0 Å². The van der Waals surface area contributed by atoms with Gasteiger partial charge >= 0.3 is 0 Å². The molecule has 9 nitrogen and oxygen atoms in total. The number of piperidine rings is 1. The normalized spacial score (nSPS) is 15.1. The molecule has 2 amide bonds. The first-order valence-electron chi connectivity index (χ1n) is 11.4. The van der Waals surface area contributed by atoms with Gasteiger partial charge in [0, 0.05) is 25.6 Å². The largest absolute Gasteiger partial charge is 0.454 e. The van der Waals surface area contributed by atoms with Crippen LogP contribution in [-0.2, 0) is 11.3 Å². The van der Waals surface area contributed by atoms with E-state index in [-0.39, 0.29) is 24.5 Å². The number of halogens is 1. The van der Waals surface area contributed by atoms with Gasteiger partial charge < -0.3 is 25.0 Å². The Hall–Kier alpha value is -3.85. The third-order valence-corrected chi connectivity index (χ3v) is 6.33. The molecule has 3 heterocycles. The van der Waals surface area contributed by atoms with E-state index in [4.69, 9.17) is 21.1 Å². The highest BCUT2D eigenvalue weighted by Gasteiger charge is 2.27. The Morgan fingerprint density at radius 1 is 1.00 bits per heavy atom. The molecule has 2 aliphatic heterocycles. The topological polar surface area (TPSA) is 106 Å². The molecule has 1 saturated heterocycles. The van der Waals surface area contributed by atoms with E-state index >= 15 is 0 Å².